The van der Waals surface area contributed by atoms with Crippen LogP contribution < -0.4 is 10.1 Å². The van der Waals surface area contributed by atoms with Crippen molar-refractivity contribution in [3.05, 3.63) is 65.2 Å². The third-order valence-electron chi connectivity index (χ3n) is 4.78. The SMILES string of the molecule is CCOc1ccccc1NC(=O)C1CCc2nc(-c3ccccc3)sc2C1. The van der Waals surface area contributed by atoms with Crippen LogP contribution in [-0.2, 0) is 17.6 Å². The Balaban J connectivity index is 1.48. The van der Waals surface area contributed by atoms with Gasteiger partial charge in [-0.1, -0.05) is 42.5 Å². The van der Waals surface area contributed by atoms with Crippen LogP contribution in [0.2, 0.25) is 0 Å². The van der Waals surface area contributed by atoms with E-state index in [0.29, 0.717) is 12.4 Å². The van der Waals surface area contributed by atoms with E-state index in [2.05, 4.69) is 17.4 Å². The molecule has 0 radical (unpaired) electrons. The van der Waals surface area contributed by atoms with E-state index in [1.807, 2.05) is 49.4 Å². The van der Waals surface area contributed by atoms with Crippen LogP contribution in [0, 0.1) is 5.92 Å². The fourth-order valence-electron chi connectivity index (χ4n) is 3.39. The number of para-hydroxylation sites is 2. The quantitative estimate of drug-likeness (QED) is 0.683. The van der Waals surface area contributed by atoms with Gasteiger partial charge in [-0.2, -0.15) is 0 Å². The highest BCUT2D eigenvalue weighted by Gasteiger charge is 2.28. The lowest BCUT2D eigenvalue weighted by atomic mass is 9.90. The maximum atomic E-state index is 12.8. The van der Waals surface area contributed by atoms with Crippen molar-refractivity contribution in [1.82, 2.24) is 4.98 Å². The predicted molar refractivity (Wildman–Crippen MR) is 109 cm³/mol. The molecule has 1 atom stereocenters. The number of carbonyl (C=O) groups is 1. The maximum Gasteiger partial charge on any atom is 0.227 e. The Morgan fingerprint density at radius 1 is 1.19 bits per heavy atom. The summed E-state index contributed by atoms with van der Waals surface area (Å²) < 4.78 is 5.61. The summed E-state index contributed by atoms with van der Waals surface area (Å²) in [6.45, 7) is 2.51. The first kappa shape index (κ1) is 17.7. The van der Waals surface area contributed by atoms with E-state index in [9.17, 15) is 4.79 Å². The van der Waals surface area contributed by atoms with E-state index in [1.165, 1.54) is 4.88 Å². The van der Waals surface area contributed by atoms with Crippen LogP contribution in [0.1, 0.15) is 23.9 Å². The van der Waals surface area contributed by atoms with Crippen molar-refractivity contribution in [2.45, 2.75) is 26.2 Å². The Hall–Kier alpha value is -2.66. The summed E-state index contributed by atoms with van der Waals surface area (Å²) in [6.07, 6.45) is 2.43. The van der Waals surface area contributed by atoms with Crippen LogP contribution in [0.25, 0.3) is 10.6 Å². The fourth-order valence-corrected chi connectivity index (χ4v) is 4.58. The van der Waals surface area contributed by atoms with Crippen LogP contribution in [0.3, 0.4) is 0 Å². The Bertz CT molecular complexity index is 936. The molecule has 5 heteroatoms. The molecule has 1 amide bonds. The molecule has 0 fully saturated rings. The summed E-state index contributed by atoms with van der Waals surface area (Å²) in [5.41, 5.74) is 3.03. The number of thiazole rings is 1. The summed E-state index contributed by atoms with van der Waals surface area (Å²) in [5, 5.41) is 4.10. The van der Waals surface area contributed by atoms with Crippen LogP contribution in [0.15, 0.2) is 54.6 Å². The van der Waals surface area contributed by atoms with Crippen molar-refractivity contribution in [2.75, 3.05) is 11.9 Å². The maximum absolute atomic E-state index is 12.8. The van der Waals surface area contributed by atoms with Gasteiger partial charge in [-0.3, -0.25) is 4.79 Å². The number of anilines is 1. The van der Waals surface area contributed by atoms with Gasteiger partial charge >= 0.3 is 0 Å². The second kappa shape index (κ2) is 7.92. The third-order valence-corrected chi connectivity index (χ3v) is 5.94. The number of hydrogen-bond acceptors (Lipinski definition) is 4. The number of rotatable bonds is 5. The van der Waals surface area contributed by atoms with Gasteiger partial charge in [-0.05, 0) is 38.3 Å². The lowest BCUT2D eigenvalue weighted by Crippen LogP contribution is -2.27. The molecule has 1 aliphatic rings. The molecule has 0 bridgehead atoms. The van der Waals surface area contributed by atoms with Crippen molar-refractivity contribution in [3.8, 4) is 16.3 Å². The van der Waals surface area contributed by atoms with Gasteiger partial charge in [0.25, 0.3) is 0 Å². The number of nitrogens with one attached hydrogen (secondary N) is 1. The smallest absolute Gasteiger partial charge is 0.227 e. The first-order valence-electron chi connectivity index (χ1n) is 9.31. The molecular weight excluding hydrogens is 356 g/mol. The Kier molecular flexibility index (Phi) is 5.21. The second-order valence-electron chi connectivity index (χ2n) is 6.61. The molecule has 1 heterocycles. The number of aromatic nitrogens is 1. The summed E-state index contributed by atoms with van der Waals surface area (Å²) >= 11 is 1.71. The average Bonchev–Trinajstić information content (AvgIpc) is 3.14. The van der Waals surface area contributed by atoms with Crippen molar-refractivity contribution in [2.24, 2.45) is 5.92 Å². The standard InChI is InChI=1S/C22H22N2O2S/c1-2-26-19-11-7-6-10-17(19)23-21(25)16-12-13-18-20(14-16)27-22(24-18)15-8-4-3-5-9-15/h3-11,16H,2,12-14H2,1H3,(H,23,25). The minimum atomic E-state index is -0.0312. The van der Waals surface area contributed by atoms with E-state index >= 15 is 0 Å². The molecule has 4 nitrogen and oxygen atoms in total. The Morgan fingerprint density at radius 3 is 2.78 bits per heavy atom. The van der Waals surface area contributed by atoms with Crippen molar-refractivity contribution in [3.63, 3.8) is 0 Å². The molecule has 0 aliphatic heterocycles. The molecule has 4 rings (SSSR count). The highest BCUT2D eigenvalue weighted by molar-refractivity contribution is 7.15. The fraction of sp³-hybridized carbons (Fsp3) is 0.273. The monoisotopic (exact) mass is 378 g/mol. The zero-order chi connectivity index (χ0) is 18.6. The molecule has 0 saturated carbocycles. The number of amides is 1. The van der Waals surface area contributed by atoms with E-state index in [-0.39, 0.29) is 11.8 Å². The van der Waals surface area contributed by atoms with E-state index in [0.717, 1.165) is 41.2 Å². The molecule has 3 aromatic rings. The number of hydrogen-bond donors (Lipinski definition) is 1. The first-order valence-corrected chi connectivity index (χ1v) is 10.1. The topological polar surface area (TPSA) is 51.2 Å². The van der Waals surface area contributed by atoms with Gasteiger partial charge in [0.2, 0.25) is 5.91 Å². The van der Waals surface area contributed by atoms with E-state index in [1.54, 1.807) is 11.3 Å². The van der Waals surface area contributed by atoms with Gasteiger partial charge < -0.3 is 10.1 Å². The van der Waals surface area contributed by atoms with Crippen LogP contribution in [-0.4, -0.2) is 17.5 Å². The van der Waals surface area contributed by atoms with E-state index < -0.39 is 0 Å². The van der Waals surface area contributed by atoms with Crippen LogP contribution >= 0.6 is 11.3 Å². The Morgan fingerprint density at radius 2 is 1.96 bits per heavy atom. The molecule has 0 spiro atoms. The highest BCUT2D eigenvalue weighted by Crippen LogP contribution is 2.35. The largest absolute Gasteiger partial charge is 0.492 e. The van der Waals surface area contributed by atoms with Crippen LogP contribution in [0.4, 0.5) is 5.69 Å². The minimum absolute atomic E-state index is 0.0312. The molecule has 2 aromatic carbocycles. The van der Waals surface area contributed by atoms with Crippen LogP contribution in [0.5, 0.6) is 5.75 Å². The third kappa shape index (κ3) is 3.88. The van der Waals surface area contributed by atoms with Gasteiger partial charge in [0.1, 0.15) is 10.8 Å². The van der Waals surface area contributed by atoms with Crippen molar-refractivity contribution in [1.29, 1.82) is 0 Å². The molecule has 1 aromatic heterocycles. The molecule has 1 unspecified atom stereocenters. The van der Waals surface area contributed by atoms with Gasteiger partial charge in [0.15, 0.2) is 0 Å². The van der Waals surface area contributed by atoms with E-state index in [4.69, 9.17) is 9.72 Å². The lowest BCUT2D eigenvalue weighted by Gasteiger charge is -2.21. The number of aryl methyl sites for hydroxylation is 1. The zero-order valence-electron chi connectivity index (χ0n) is 15.3. The molecule has 0 saturated heterocycles. The van der Waals surface area contributed by atoms with Gasteiger partial charge in [-0.15, -0.1) is 11.3 Å². The summed E-state index contributed by atoms with van der Waals surface area (Å²) in [6, 6.07) is 17.8. The number of carbonyl (C=O) groups excluding carboxylic acids is 1. The summed E-state index contributed by atoms with van der Waals surface area (Å²) in [5.74, 6) is 0.743. The Labute approximate surface area is 163 Å². The summed E-state index contributed by atoms with van der Waals surface area (Å²) in [4.78, 5) is 18.9. The van der Waals surface area contributed by atoms with Crippen molar-refractivity contribution < 1.29 is 9.53 Å². The molecule has 1 N–H and O–H groups in total. The zero-order valence-corrected chi connectivity index (χ0v) is 16.1. The second-order valence-corrected chi connectivity index (χ2v) is 7.70. The predicted octanol–water partition coefficient (Wildman–Crippen LogP) is 4.95. The molecule has 1 aliphatic carbocycles. The molecule has 138 valence electrons. The van der Waals surface area contributed by atoms with Gasteiger partial charge in [-0.25, -0.2) is 4.98 Å². The van der Waals surface area contributed by atoms with Gasteiger partial charge in [0, 0.05) is 16.4 Å². The number of ether oxygens (including phenoxy) is 1. The lowest BCUT2D eigenvalue weighted by molar-refractivity contribution is -0.120. The normalized spacial score (nSPS) is 15.8. The minimum Gasteiger partial charge on any atom is -0.492 e. The van der Waals surface area contributed by atoms with Gasteiger partial charge in [0.05, 0.1) is 18.0 Å². The number of nitrogens with zero attached hydrogens (tertiary/aromatic N) is 1. The average molecular weight is 378 g/mol. The van der Waals surface area contributed by atoms with Crippen molar-refractivity contribution >= 4 is 22.9 Å². The molecular formula is C22H22N2O2S. The summed E-state index contributed by atoms with van der Waals surface area (Å²) in [7, 11) is 0. The molecule has 27 heavy (non-hydrogen) atoms. The highest BCUT2D eigenvalue weighted by atomic mass is 32.1. The first-order chi connectivity index (χ1) is 13.2. The number of benzene rings is 2. The number of fused-ring (bicyclic) bond motifs is 1.